The summed E-state index contributed by atoms with van der Waals surface area (Å²) >= 11 is 13.1. The molecular weight excluding hydrogens is 521 g/mol. The zero-order valence-corrected chi connectivity index (χ0v) is 25.8. The topological polar surface area (TPSA) is 23.5 Å². The molecule has 2 aliphatic rings. The van der Waals surface area contributed by atoms with Crippen LogP contribution in [-0.2, 0) is 10.8 Å². The summed E-state index contributed by atoms with van der Waals surface area (Å²) in [5.74, 6) is 0.303. The molecule has 0 amide bonds. The van der Waals surface area contributed by atoms with E-state index in [1.807, 2.05) is 18.2 Å². The number of phenols is 1. The highest BCUT2D eigenvalue weighted by Crippen LogP contribution is 2.48. The Labute approximate surface area is 247 Å². The van der Waals surface area contributed by atoms with E-state index in [2.05, 4.69) is 96.9 Å². The molecule has 0 aromatic heterocycles. The normalized spacial score (nSPS) is 18.5. The Balaban J connectivity index is 0.00000127. The number of anilines is 1. The summed E-state index contributed by atoms with van der Waals surface area (Å²) in [4.78, 5) is 2.21. The first-order chi connectivity index (χ1) is 17.8. The predicted molar refractivity (Wildman–Crippen MR) is 173 cm³/mol. The molecule has 1 aliphatic carbocycles. The van der Waals surface area contributed by atoms with Crippen LogP contribution in [0.1, 0.15) is 91.3 Å². The third-order valence-electron chi connectivity index (χ3n) is 7.56. The van der Waals surface area contributed by atoms with Crippen molar-refractivity contribution in [1.29, 1.82) is 0 Å². The number of aromatic hydroxyl groups is 1. The van der Waals surface area contributed by atoms with Gasteiger partial charge in [-0.3, -0.25) is 0 Å². The number of nitrogens with zero attached hydrogens (tertiary/aromatic N) is 1. The smallest absolute Gasteiger partial charge is 0.116 e. The quantitative estimate of drug-likeness (QED) is 0.388. The monoisotopic (exact) mass is 567 g/mol. The lowest BCUT2D eigenvalue weighted by atomic mass is 9.79. The van der Waals surface area contributed by atoms with Crippen molar-refractivity contribution >= 4 is 28.9 Å². The third kappa shape index (κ3) is 7.21. The molecule has 4 heteroatoms. The first-order valence-electron chi connectivity index (χ1n) is 13.6. The van der Waals surface area contributed by atoms with Gasteiger partial charge in [0, 0.05) is 33.9 Å². The van der Waals surface area contributed by atoms with Gasteiger partial charge in [-0.2, -0.15) is 0 Å². The van der Waals surface area contributed by atoms with Crippen molar-refractivity contribution in [1.82, 2.24) is 0 Å². The molecule has 2 nitrogen and oxygen atoms in total. The third-order valence-corrected chi connectivity index (χ3v) is 8.28. The minimum absolute atomic E-state index is 0. The molecule has 2 aromatic rings. The van der Waals surface area contributed by atoms with Gasteiger partial charge in [-0.15, -0.1) is 0 Å². The number of hydrogen-bond donors (Lipinski definition) is 1. The van der Waals surface area contributed by atoms with Crippen LogP contribution >= 0.6 is 23.2 Å². The number of rotatable bonds is 5. The van der Waals surface area contributed by atoms with E-state index in [0.29, 0.717) is 5.75 Å². The Bertz CT molecular complexity index is 1290. The van der Waals surface area contributed by atoms with Crippen molar-refractivity contribution in [3.05, 3.63) is 104 Å². The van der Waals surface area contributed by atoms with Crippen LogP contribution in [0.5, 0.6) is 5.75 Å². The van der Waals surface area contributed by atoms with Crippen LogP contribution in [0.15, 0.2) is 82.6 Å². The maximum atomic E-state index is 9.99. The molecule has 0 spiro atoms. The number of allylic oxidation sites excluding steroid dienone is 8. The molecule has 1 N–H and O–H groups in total. The molecule has 39 heavy (non-hydrogen) atoms. The van der Waals surface area contributed by atoms with Gasteiger partial charge in [-0.05, 0) is 95.8 Å². The Hall–Kier alpha value is -2.42. The van der Waals surface area contributed by atoms with E-state index in [1.165, 1.54) is 34.4 Å². The molecule has 2 aromatic carbocycles. The van der Waals surface area contributed by atoms with Crippen LogP contribution in [0.25, 0.3) is 0 Å². The van der Waals surface area contributed by atoms with E-state index in [1.54, 1.807) is 6.07 Å². The van der Waals surface area contributed by atoms with Gasteiger partial charge in [0.2, 0.25) is 0 Å². The molecule has 4 rings (SSSR count). The summed E-state index contributed by atoms with van der Waals surface area (Å²) < 4.78 is 0. The standard InChI is InChI=1S/C31H35Cl2NO.C3H8.CH4/c1-20-9-13-23(32)18-25(20)30(2,3)17-7-8-21-10-11-22(29(21)33)12-16-28-31(4,5)26-19-24(35)14-15-27(26)34(28)6;1-3-2;/h7-9,12-16,18-19,35H,10-11,17H2,1-6H3;3H2,1-2H3;1H4/b8-7+,22-12+,28-16+;;. The van der Waals surface area contributed by atoms with Crippen LogP contribution in [0, 0.1) is 6.92 Å². The maximum absolute atomic E-state index is 9.99. The number of halogens is 2. The average Bonchev–Trinajstić information content (AvgIpc) is 3.28. The Morgan fingerprint density at radius 2 is 1.69 bits per heavy atom. The highest BCUT2D eigenvalue weighted by molar-refractivity contribution is 6.33. The fourth-order valence-electron chi connectivity index (χ4n) is 5.44. The Morgan fingerprint density at radius 1 is 1.03 bits per heavy atom. The zero-order chi connectivity index (χ0) is 28.3. The van der Waals surface area contributed by atoms with E-state index < -0.39 is 0 Å². The molecular formula is C35H47Cl2NO. The highest BCUT2D eigenvalue weighted by Gasteiger charge is 2.38. The van der Waals surface area contributed by atoms with Gasteiger partial charge in [-0.25, -0.2) is 0 Å². The second kappa shape index (κ2) is 13.3. The van der Waals surface area contributed by atoms with Gasteiger partial charge in [0.25, 0.3) is 0 Å². The number of benzene rings is 2. The Kier molecular flexibility index (Phi) is 11.2. The van der Waals surface area contributed by atoms with Crippen molar-refractivity contribution in [2.75, 3.05) is 11.9 Å². The lowest BCUT2D eigenvalue weighted by molar-refractivity contribution is 0.473. The van der Waals surface area contributed by atoms with E-state index in [-0.39, 0.29) is 18.3 Å². The summed E-state index contributed by atoms with van der Waals surface area (Å²) in [6, 6.07) is 11.7. The maximum Gasteiger partial charge on any atom is 0.116 e. The summed E-state index contributed by atoms with van der Waals surface area (Å²) in [6.07, 6.45) is 12.9. The van der Waals surface area contributed by atoms with Crippen LogP contribution in [0.3, 0.4) is 0 Å². The van der Waals surface area contributed by atoms with Gasteiger partial charge in [-0.1, -0.05) is 103 Å². The van der Waals surface area contributed by atoms with Gasteiger partial charge >= 0.3 is 0 Å². The molecule has 0 bridgehead atoms. The van der Waals surface area contributed by atoms with E-state index in [9.17, 15) is 5.11 Å². The SMILES string of the molecule is C.CCC.Cc1ccc(Cl)cc1C(C)(C)C/C=C/C1=C(Cl)C(=C/C=C2/N(C)c3ccc(O)cc3C2(C)C)/CC1. The lowest BCUT2D eigenvalue weighted by Crippen LogP contribution is -2.22. The number of likely N-dealkylation sites (N-methyl/N-ethyl adjacent to an activating group) is 1. The van der Waals surface area contributed by atoms with Crippen molar-refractivity contribution in [3.63, 3.8) is 0 Å². The van der Waals surface area contributed by atoms with Crippen molar-refractivity contribution in [2.45, 2.75) is 92.4 Å². The van der Waals surface area contributed by atoms with Crippen LogP contribution in [0.2, 0.25) is 5.02 Å². The second-order valence-electron chi connectivity index (χ2n) is 11.6. The highest BCUT2D eigenvalue weighted by atomic mass is 35.5. The second-order valence-corrected chi connectivity index (χ2v) is 12.4. The van der Waals surface area contributed by atoms with Gasteiger partial charge in [0.05, 0.1) is 0 Å². The summed E-state index contributed by atoms with van der Waals surface area (Å²) in [7, 11) is 2.08. The van der Waals surface area contributed by atoms with Crippen molar-refractivity contribution in [3.8, 4) is 5.75 Å². The molecule has 0 atom stereocenters. The summed E-state index contributed by atoms with van der Waals surface area (Å²) in [5.41, 5.74) is 8.17. The molecule has 0 unspecified atom stereocenters. The molecule has 0 radical (unpaired) electrons. The van der Waals surface area contributed by atoms with Crippen LogP contribution in [-0.4, -0.2) is 12.2 Å². The molecule has 0 fully saturated rings. The molecule has 0 saturated heterocycles. The summed E-state index contributed by atoms with van der Waals surface area (Å²) in [5, 5.41) is 11.6. The average molecular weight is 569 g/mol. The van der Waals surface area contributed by atoms with Crippen LogP contribution < -0.4 is 4.90 Å². The number of aryl methyl sites for hydroxylation is 1. The predicted octanol–water partition coefficient (Wildman–Crippen LogP) is 11.2. The lowest BCUT2D eigenvalue weighted by Gasteiger charge is -2.26. The van der Waals surface area contributed by atoms with Gasteiger partial charge < -0.3 is 10.0 Å². The fraction of sp³-hybridized carbons (Fsp3) is 0.429. The number of phenolic OH excluding ortho intramolecular Hbond substituents is 1. The molecule has 0 saturated carbocycles. The minimum Gasteiger partial charge on any atom is -0.508 e. The number of hydrogen-bond acceptors (Lipinski definition) is 2. The first-order valence-corrected chi connectivity index (χ1v) is 14.4. The van der Waals surface area contributed by atoms with Gasteiger partial charge in [0.15, 0.2) is 0 Å². The molecule has 212 valence electrons. The fourth-order valence-corrected chi connectivity index (χ4v) is 5.93. The van der Waals surface area contributed by atoms with E-state index in [0.717, 1.165) is 40.6 Å². The zero-order valence-electron chi connectivity index (χ0n) is 24.3. The van der Waals surface area contributed by atoms with Crippen molar-refractivity contribution < 1.29 is 5.11 Å². The van der Waals surface area contributed by atoms with E-state index in [4.69, 9.17) is 23.2 Å². The minimum atomic E-state index is -0.193. The largest absolute Gasteiger partial charge is 0.508 e. The molecule has 1 aliphatic heterocycles. The van der Waals surface area contributed by atoms with Crippen molar-refractivity contribution in [2.24, 2.45) is 0 Å². The summed E-state index contributed by atoms with van der Waals surface area (Å²) in [6.45, 7) is 15.3. The Morgan fingerprint density at radius 3 is 2.36 bits per heavy atom. The van der Waals surface area contributed by atoms with Gasteiger partial charge in [0.1, 0.15) is 5.75 Å². The molecule has 1 heterocycles. The van der Waals surface area contributed by atoms with Crippen LogP contribution in [0.4, 0.5) is 5.69 Å². The number of fused-ring (bicyclic) bond motifs is 1. The van der Waals surface area contributed by atoms with E-state index >= 15 is 0 Å². The first kappa shape index (κ1) is 32.8.